The Morgan fingerprint density at radius 2 is 1.86 bits per heavy atom. The Hall–Kier alpha value is -1.03. The van der Waals surface area contributed by atoms with Gasteiger partial charge in [0.15, 0.2) is 0 Å². The van der Waals surface area contributed by atoms with Gasteiger partial charge in [-0.1, -0.05) is 12.8 Å². The van der Waals surface area contributed by atoms with Gasteiger partial charge in [0.05, 0.1) is 25.3 Å². The Labute approximate surface area is 86.3 Å². The van der Waals surface area contributed by atoms with E-state index in [2.05, 4.69) is 35.6 Å². The maximum atomic E-state index is 8.69. The van der Waals surface area contributed by atoms with Crippen molar-refractivity contribution in [1.82, 2.24) is 9.80 Å². The summed E-state index contributed by atoms with van der Waals surface area (Å²) in [5, 5.41) is 8.69. The van der Waals surface area contributed by atoms with E-state index in [0.29, 0.717) is 25.2 Å². The smallest absolute Gasteiger partial charge is 0.0878 e. The van der Waals surface area contributed by atoms with E-state index in [0.717, 1.165) is 13.1 Å². The quantitative estimate of drug-likeness (QED) is 0.476. The van der Waals surface area contributed by atoms with Crippen LogP contribution in [0.2, 0.25) is 0 Å². The molecule has 0 aromatic rings. The van der Waals surface area contributed by atoms with E-state index < -0.39 is 0 Å². The molecule has 2 atom stereocenters. The number of hydrogen-bond donors (Lipinski definition) is 0. The zero-order valence-electron chi connectivity index (χ0n) is 8.90. The number of rotatable bonds is 2. The van der Waals surface area contributed by atoms with Gasteiger partial charge in [-0.3, -0.25) is 9.80 Å². The van der Waals surface area contributed by atoms with Crippen LogP contribution in [0.15, 0.2) is 0 Å². The average molecular weight is 191 g/mol. The summed E-state index contributed by atoms with van der Waals surface area (Å²) in [6.45, 7) is 7.50. The Kier molecular flexibility index (Phi) is 3.95. The van der Waals surface area contributed by atoms with Crippen LogP contribution in [0.5, 0.6) is 0 Å². The lowest BCUT2D eigenvalue weighted by molar-refractivity contribution is 0.00784. The molecule has 1 rings (SSSR count). The lowest BCUT2D eigenvalue weighted by atomic mass is 10.1. The summed E-state index contributed by atoms with van der Waals surface area (Å²) in [5.41, 5.74) is 0. The van der Waals surface area contributed by atoms with Crippen LogP contribution >= 0.6 is 0 Å². The van der Waals surface area contributed by atoms with Crippen molar-refractivity contribution in [2.75, 3.05) is 26.2 Å². The van der Waals surface area contributed by atoms with Gasteiger partial charge < -0.3 is 0 Å². The van der Waals surface area contributed by atoms with E-state index in [1.807, 2.05) is 0 Å². The SMILES string of the molecule is C#CCN1CC(C)CN(CC#N)C1C. The van der Waals surface area contributed by atoms with Gasteiger partial charge in [-0.25, -0.2) is 0 Å². The molecule has 14 heavy (non-hydrogen) atoms. The summed E-state index contributed by atoms with van der Waals surface area (Å²) in [6, 6.07) is 2.20. The predicted octanol–water partition coefficient (Wildman–Crippen LogP) is 0.743. The van der Waals surface area contributed by atoms with Crippen LogP contribution in [0.4, 0.5) is 0 Å². The second kappa shape index (κ2) is 5.00. The Morgan fingerprint density at radius 1 is 1.29 bits per heavy atom. The number of nitrogens with zero attached hydrogens (tertiary/aromatic N) is 3. The molecule has 0 N–H and O–H groups in total. The molecule has 1 fully saturated rings. The molecule has 0 saturated carbocycles. The molecular weight excluding hydrogens is 174 g/mol. The first-order chi connectivity index (χ1) is 6.69. The van der Waals surface area contributed by atoms with E-state index in [4.69, 9.17) is 11.7 Å². The summed E-state index contributed by atoms with van der Waals surface area (Å²) in [4.78, 5) is 4.41. The fourth-order valence-electron chi connectivity index (χ4n) is 2.00. The monoisotopic (exact) mass is 191 g/mol. The van der Waals surface area contributed by atoms with E-state index >= 15 is 0 Å². The van der Waals surface area contributed by atoms with Gasteiger partial charge in [0.1, 0.15) is 0 Å². The van der Waals surface area contributed by atoms with Gasteiger partial charge in [-0.15, -0.1) is 6.42 Å². The highest BCUT2D eigenvalue weighted by atomic mass is 15.4. The van der Waals surface area contributed by atoms with E-state index in [9.17, 15) is 0 Å². The fraction of sp³-hybridized carbons (Fsp3) is 0.727. The van der Waals surface area contributed by atoms with Crippen molar-refractivity contribution >= 4 is 0 Å². The minimum absolute atomic E-state index is 0.293. The minimum Gasteiger partial charge on any atom is -0.277 e. The van der Waals surface area contributed by atoms with Crippen LogP contribution in [-0.2, 0) is 0 Å². The van der Waals surface area contributed by atoms with Crippen molar-refractivity contribution in [3.8, 4) is 18.4 Å². The molecule has 0 aromatic heterocycles. The van der Waals surface area contributed by atoms with Crippen molar-refractivity contribution in [3.63, 3.8) is 0 Å². The maximum Gasteiger partial charge on any atom is 0.0878 e. The maximum absolute atomic E-state index is 8.69. The van der Waals surface area contributed by atoms with Crippen LogP contribution in [0.3, 0.4) is 0 Å². The summed E-state index contributed by atoms with van der Waals surface area (Å²) in [5.74, 6) is 3.26. The molecule has 76 valence electrons. The Bertz CT molecular complexity index is 235. The van der Waals surface area contributed by atoms with Gasteiger partial charge >= 0.3 is 0 Å². The van der Waals surface area contributed by atoms with Crippen molar-refractivity contribution in [2.45, 2.75) is 20.0 Å². The molecule has 3 heteroatoms. The zero-order valence-corrected chi connectivity index (χ0v) is 8.90. The normalized spacial score (nSPS) is 29.4. The molecule has 3 nitrogen and oxygen atoms in total. The number of terminal acetylenes is 1. The second-order valence-electron chi connectivity index (χ2n) is 3.96. The Morgan fingerprint density at radius 3 is 2.36 bits per heavy atom. The van der Waals surface area contributed by atoms with Crippen LogP contribution in [-0.4, -0.2) is 42.1 Å². The molecule has 1 saturated heterocycles. The molecule has 0 bridgehead atoms. The number of hydrogen-bond acceptors (Lipinski definition) is 3. The third-order valence-corrected chi connectivity index (χ3v) is 2.72. The Balaban J connectivity index is 2.62. The predicted molar refractivity (Wildman–Crippen MR) is 56.2 cm³/mol. The van der Waals surface area contributed by atoms with Gasteiger partial charge in [-0.2, -0.15) is 5.26 Å². The van der Waals surface area contributed by atoms with Crippen molar-refractivity contribution in [3.05, 3.63) is 0 Å². The van der Waals surface area contributed by atoms with Crippen molar-refractivity contribution in [2.24, 2.45) is 5.92 Å². The molecule has 1 aliphatic rings. The third-order valence-electron chi connectivity index (χ3n) is 2.72. The molecule has 1 aliphatic heterocycles. The van der Waals surface area contributed by atoms with Crippen LogP contribution in [0, 0.1) is 29.6 Å². The lowest BCUT2D eigenvalue weighted by Gasteiger charge is -2.43. The van der Waals surface area contributed by atoms with Crippen molar-refractivity contribution < 1.29 is 0 Å². The van der Waals surface area contributed by atoms with Crippen LogP contribution in [0.1, 0.15) is 13.8 Å². The molecular formula is C11H17N3. The molecule has 2 unspecified atom stereocenters. The summed E-state index contributed by atoms with van der Waals surface area (Å²) in [7, 11) is 0. The highest BCUT2D eigenvalue weighted by molar-refractivity contribution is 4.93. The molecule has 0 aromatic carbocycles. The molecule has 0 amide bonds. The largest absolute Gasteiger partial charge is 0.277 e. The van der Waals surface area contributed by atoms with Gasteiger partial charge in [-0.05, 0) is 12.8 Å². The van der Waals surface area contributed by atoms with Gasteiger partial charge in [0.2, 0.25) is 0 Å². The summed E-state index contributed by atoms with van der Waals surface area (Å²) < 4.78 is 0. The van der Waals surface area contributed by atoms with Gasteiger partial charge in [0.25, 0.3) is 0 Å². The molecule has 1 heterocycles. The molecule has 0 aliphatic carbocycles. The topological polar surface area (TPSA) is 30.3 Å². The lowest BCUT2D eigenvalue weighted by Crippen LogP contribution is -2.55. The first-order valence-electron chi connectivity index (χ1n) is 4.97. The highest BCUT2D eigenvalue weighted by Crippen LogP contribution is 2.16. The first kappa shape index (κ1) is 11.0. The van der Waals surface area contributed by atoms with E-state index in [1.165, 1.54) is 0 Å². The van der Waals surface area contributed by atoms with Crippen LogP contribution in [0.25, 0.3) is 0 Å². The fourth-order valence-corrected chi connectivity index (χ4v) is 2.00. The zero-order chi connectivity index (χ0) is 10.6. The van der Waals surface area contributed by atoms with E-state index in [1.54, 1.807) is 0 Å². The summed E-state index contributed by atoms with van der Waals surface area (Å²) >= 11 is 0. The van der Waals surface area contributed by atoms with Gasteiger partial charge in [0, 0.05) is 13.1 Å². The van der Waals surface area contributed by atoms with Crippen molar-refractivity contribution in [1.29, 1.82) is 5.26 Å². The standard InChI is InChI=1S/C11H17N3/c1-4-6-13-8-10(2)9-14(7-5-12)11(13)3/h1,10-11H,6-9H2,2-3H3. The highest BCUT2D eigenvalue weighted by Gasteiger charge is 2.28. The first-order valence-corrected chi connectivity index (χ1v) is 4.97. The van der Waals surface area contributed by atoms with Crippen LogP contribution < -0.4 is 0 Å². The molecule has 0 spiro atoms. The minimum atomic E-state index is 0.293. The average Bonchev–Trinajstić information content (AvgIpc) is 2.14. The third kappa shape index (κ3) is 2.48. The summed E-state index contributed by atoms with van der Waals surface area (Å²) in [6.07, 6.45) is 5.60. The number of nitriles is 1. The van der Waals surface area contributed by atoms with E-state index in [-0.39, 0.29) is 0 Å². The second-order valence-corrected chi connectivity index (χ2v) is 3.96. The molecule has 0 radical (unpaired) electrons.